The van der Waals surface area contributed by atoms with E-state index < -0.39 is 0 Å². The fourth-order valence-electron chi connectivity index (χ4n) is 3.04. The molecule has 0 amide bonds. The summed E-state index contributed by atoms with van der Waals surface area (Å²) in [7, 11) is 1.67. The van der Waals surface area contributed by atoms with Crippen LogP contribution in [0.15, 0.2) is 46.7 Å². The Morgan fingerprint density at radius 2 is 1.96 bits per heavy atom. The highest BCUT2D eigenvalue weighted by Gasteiger charge is 2.16. The minimum atomic E-state index is -0.144. The molecular formula is C20H17N3O2S. The van der Waals surface area contributed by atoms with Crippen LogP contribution in [0.5, 0.6) is 5.75 Å². The zero-order valence-electron chi connectivity index (χ0n) is 14.7. The predicted molar refractivity (Wildman–Crippen MR) is 105 cm³/mol. The Kier molecular flexibility index (Phi) is 4.05. The number of benzene rings is 1. The van der Waals surface area contributed by atoms with Gasteiger partial charge in [-0.2, -0.15) is 0 Å². The van der Waals surface area contributed by atoms with Crippen molar-refractivity contribution in [3.8, 4) is 28.4 Å². The molecule has 0 aliphatic heterocycles. The molecule has 0 fully saturated rings. The number of H-pyrrole nitrogens is 1. The Bertz CT molecular complexity index is 1160. The molecule has 0 aliphatic rings. The first-order chi connectivity index (χ1) is 12.6. The van der Waals surface area contributed by atoms with E-state index >= 15 is 0 Å². The number of fused-ring (bicyclic) bond motifs is 1. The van der Waals surface area contributed by atoms with Gasteiger partial charge in [-0.1, -0.05) is 6.07 Å². The molecule has 130 valence electrons. The summed E-state index contributed by atoms with van der Waals surface area (Å²) in [6.07, 6.45) is 1.69. The molecule has 5 nitrogen and oxygen atoms in total. The van der Waals surface area contributed by atoms with Crippen molar-refractivity contribution in [2.24, 2.45) is 0 Å². The first kappa shape index (κ1) is 16.5. The van der Waals surface area contributed by atoms with Crippen molar-refractivity contribution < 1.29 is 4.74 Å². The number of thiophene rings is 1. The van der Waals surface area contributed by atoms with Gasteiger partial charge in [0.05, 0.1) is 12.6 Å². The van der Waals surface area contributed by atoms with Crippen LogP contribution in [0.1, 0.15) is 11.1 Å². The fourth-order valence-corrected chi connectivity index (χ4v) is 3.94. The number of ether oxygens (including phenoxy) is 1. The van der Waals surface area contributed by atoms with Crippen molar-refractivity contribution in [2.45, 2.75) is 13.8 Å². The Balaban J connectivity index is 1.97. The van der Waals surface area contributed by atoms with E-state index in [-0.39, 0.29) is 5.56 Å². The normalized spacial score (nSPS) is 11.0. The maximum Gasteiger partial charge on any atom is 0.269 e. The number of aryl methyl sites for hydroxylation is 2. The molecule has 0 unspecified atom stereocenters. The summed E-state index contributed by atoms with van der Waals surface area (Å²) in [5.41, 5.74) is 5.33. The molecule has 1 aromatic carbocycles. The molecule has 3 heterocycles. The average Bonchev–Trinajstić information content (AvgIpc) is 3.08. The number of hydrogen-bond donors (Lipinski definition) is 1. The third-order valence-electron chi connectivity index (χ3n) is 4.37. The zero-order valence-corrected chi connectivity index (χ0v) is 15.5. The number of aromatic nitrogens is 3. The Labute approximate surface area is 154 Å². The van der Waals surface area contributed by atoms with Crippen LogP contribution in [0.25, 0.3) is 32.9 Å². The lowest BCUT2D eigenvalue weighted by Crippen LogP contribution is -2.08. The summed E-state index contributed by atoms with van der Waals surface area (Å²) < 4.78 is 6.02. The van der Waals surface area contributed by atoms with Crippen molar-refractivity contribution in [1.82, 2.24) is 15.0 Å². The van der Waals surface area contributed by atoms with Crippen LogP contribution in [0.3, 0.4) is 0 Å². The van der Waals surface area contributed by atoms with E-state index in [1.807, 2.05) is 43.5 Å². The van der Waals surface area contributed by atoms with Gasteiger partial charge in [0.15, 0.2) is 5.82 Å². The van der Waals surface area contributed by atoms with Gasteiger partial charge in [0, 0.05) is 17.1 Å². The summed E-state index contributed by atoms with van der Waals surface area (Å²) in [5.74, 6) is 1.33. The summed E-state index contributed by atoms with van der Waals surface area (Å²) in [6.45, 7) is 4.05. The SMILES string of the molecule is COc1cc(C)c(-c2csc3c(=O)[nH]c(-c4ccccn4)nc23)cc1C. The molecule has 6 heteroatoms. The predicted octanol–water partition coefficient (Wildman–Crippen LogP) is 4.34. The summed E-state index contributed by atoms with van der Waals surface area (Å²) in [6, 6.07) is 9.64. The smallest absolute Gasteiger partial charge is 0.269 e. The van der Waals surface area contributed by atoms with Gasteiger partial charge in [-0.05, 0) is 54.8 Å². The molecule has 0 saturated carbocycles. The van der Waals surface area contributed by atoms with Gasteiger partial charge in [-0.15, -0.1) is 11.3 Å². The highest BCUT2D eigenvalue weighted by Crippen LogP contribution is 2.36. The van der Waals surface area contributed by atoms with Gasteiger partial charge < -0.3 is 9.72 Å². The van der Waals surface area contributed by atoms with Crippen molar-refractivity contribution in [3.63, 3.8) is 0 Å². The molecule has 0 spiro atoms. The number of hydrogen-bond acceptors (Lipinski definition) is 5. The topological polar surface area (TPSA) is 67.9 Å². The minimum absolute atomic E-state index is 0.144. The average molecular weight is 363 g/mol. The maximum atomic E-state index is 12.5. The first-order valence-corrected chi connectivity index (χ1v) is 9.05. The fraction of sp³-hybridized carbons (Fsp3) is 0.150. The Hall–Kier alpha value is -2.99. The van der Waals surface area contributed by atoms with E-state index in [2.05, 4.69) is 16.0 Å². The van der Waals surface area contributed by atoms with Crippen LogP contribution in [-0.4, -0.2) is 22.1 Å². The summed E-state index contributed by atoms with van der Waals surface area (Å²) in [4.78, 5) is 24.4. The van der Waals surface area contributed by atoms with E-state index in [0.29, 0.717) is 21.7 Å². The third-order valence-corrected chi connectivity index (χ3v) is 5.33. The number of methoxy groups -OCH3 is 1. The van der Waals surface area contributed by atoms with Crippen LogP contribution in [-0.2, 0) is 0 Å². The highest BCUT2D eigenvalue weighted by molar-refractivity contribution is 7.17. The lowest BCUT2D eigenvalue weighted by molar-refractivity contribution is 0.411. The Morgan fingerprint density at radius 1 is 1.12 bits per heavy atom. The quantitative estimate of drug-likeness (QED) is 0.588. The molecule has 4 rings (SSSR count). The van der Waals surface area contributed by atoms with Crippen LogP contribution >= 0.6 is 11.3 Å². The van der Waals surface area contributed by atoms with Crippen molar-refractivity contribution in [2.75, 3.05) is 7.11 Å². The number of rotatable bonds is 3. The van der Waals surface area contributed by atoms with Crippen molar-refractivity contribution in [3.05, 3.63) is 63.4 Å². The monoisotopic (exact) mass is 363 g/mol. The maximum absolute atomic E-state index is 12.5. The molecule has 4 aromatic rings. The minimum Gasteiger partial charge on any atom is -0.496 e. The van der Waals surface area contributed by atoms with Crippen molar-refractivity contribution >= 4 is 21.6 Å². The zero-order chi connectivity index (χ0) is 18.3. The van der Waals surface area contributed by atoms with Gasteiger partial charge >= 0.3 is 0 Å². The van der Waals surface area contributed by atoms with Crippen LogP contribution < -0.4 is 10.3 Å². The van der Waals surface area contributed by atoms with Crippen LogP contribution in [0, 0.1) is 13.8 Å². The summed E-state index contributed by atoms with van der Waals surface area (Å²) >= 11 is 1.41. The molecular weight excluding hydrogens is 346 g/mol. The second kappa shape index (κ2) is 6.38. The first-order valence-electron chi connectivity index (χ1n) is 8.17. The van der Waals surface area contributed by atoms with Gasteiger partial charge in [0.2, 0.25) is 0 Å². The summed E-state index contributed by atoms with van der Waals surface area (Å²) in [5, 5.41) is 1.99. The molecule has 26 heavy (non-hydrogen) atoms. The van der Waals surface area contributed by atoms with Crippen LogP contribution in [0.2, 0.25) is 0 Å². The van der Waals surface area contributed by atoms with Crippen LogP contribution in [0.4, 0.5) is 0 Å². The number of nitrogens with one attached hydrogen (secondary N) is 1. The number of nitrogens with zero attached hydrogens (tertiary/aromatic N) is 2. The van der Waals surface area contributed by atoms with Gasteiger partial charge in [-0.3, -0.25) is 9.78 Å². The highest BCUT2D eigenvalue weighted by atomic mass is 32.1. The van der Waals surface area contributed by atoms with Gasteiger partial charge in [0.25, 0.3) is 5.56 Å². The van der Waals surface area contributed by atoms with Gasteiger partial charge in [-0.25, -0.2) is 4.98 Å². The molecule has 0 saturated heterocycles. The molecule has 0 aliphatic carbocycles. The Morgan fingerprint density at radius 3 is 2.69 bits per heavy atom. The molecule has 0 atom stereocenters. The van der Waals surface area contributed by atoms with E-state index in [1.54, 1.807) is 13.3 Å². The standard InChI is InChI=1S/C20H17N3O2S/c1-11-9-16(25-3)12(2)8-13(11)14-10-26-18-17(14)22-19(23-20(18)24)15-6-4-5-7-21-15/h4-10H,1-3H3,(H,22,23,24). The third kappa shape index (κ3) is 2.68. The number of pyridine rings is 1. The van der Waals surface area contributed by atoms with Gasteiger partial charge in [0.1, 0.15) is 16.1 Å². The molecule has 1 N–H and O–H groups in total. The number of aromatic amines is 1. The van der Waals surface area contributed by atoms with E-state index in [4.69, 9.17) is 9.72 Å². The lowest BCUT2D eigenvalue weighted by Gasteiger charge is -2.11. The molecule has 0 radical (unpaired) electrons. The molecule has 0 bridgehead atoms. The van der Waals surface area contributed by atoms with Crippen molar-refractivity contribution in [1.29, 1.82) is 0 Å². The van der Waals surface area contributed by atoms with E-state index in [1.165, 1.54) is 11.3 Å². The largest absolute Gasteiger partial charge is 0.496 e. The lowest BCUT2D eigenvalue weighted by atomic mass is 9.99. The van der Waals surface area contributed by atoms with E-state index in [0.717, 1.165) is 28.0 Å². The second-order valence-corrected chi connectivity index (χ2v) is 6.97. The molecule has 3 aromatic heterocycles. The second-order valence-electron chi connectivity index (χ2n) is 6.09. The van der Waals surface area contributed by atoms with E-state index in [9.17, 15) is 4.79 Å².